The number of unbranched alkanes of at least 4 members (excludes halogenated alkanes) is 2. The molecule has 0 spiro atoms. The summed E-state index contributed by atoms with van der Waals surface area (Å²) in [6.07, 6.45) is 8.27. The van der Waals surface area contributed by atoms with Gasteiger partial charge in [-0.2, -0.15) is 0 Å². The number of nitrogens with one attached hydrogen (secondary N) is 1. The normalized spacial score (nSPS) is 14.3. The molecule has 0 aromatic heterocycles. The van der Waals surface area contributed by atoms with Gasteiger partial charge in [0.25, 0.3) is 5.91 Å². The molecule has 1 unspecified atom stereocenters. The third-order valence-electron chi connectivity index (χ3n) is 7.19. The highest BCUT2D eigenvalue weighted by molar-refractivity contribution is 6.73. The summed E-state index contributed by atoms with van der Waals surface area (Å²) in [6, 6.07) is 15.5. The lowest BCUT2D eigenvalue weighted by atomic mass is 9.91. The van der Waals surface area contributed by atoms with Crippen LogP contribution in [0.15, 0.2) is 48.5 Å². The Morgan fingerprint density at radius 1 is 0.816 bits per heavy atom. The zero-order chi connectivity index (χ0) is 27.4. The van der Waals surface area contributed by atoms with E-state index in [-0.39, 0.29) is 5.92 Å². The first-order valence-electron chi connectivity index (χ1n) is 13.0. The Morgan fingerprint density at radius 2 is 1.42 bits per heavy atom. The van der Waals surface area contributed by atoms with E-state index in [9.17, 15) is 26.7 Å². The summed E-state index contributed by atoms with van der Waals surface area (Å²) in [5.41, 5.74) is 1.71. The molecular weight excluding hydrogens is 513 g/mol. The average molecular weight is 544 g/mol. The van der Waals surface area contributed by atoms with Gasteiger partial charge in [-0.05, 0) is 22.8 Å². The van der Waals surface area contributed by atoms with Crippen LogP contribution < -0.4 is 10.5 Å². The van der Waals surface area contributed by atoms with Crippen LogP contribution in [0.1, 0.15) is 72.5 Å². The van der Waals surface area contributed by atoms with Crippen molar-refractivity contribution in [3.8, 4) is 0 Å². The van der Waals surface area contributed by atoms with E-state index in [1.807, 2.05) is 36.4 Å². The Hall–Kier alpha value is -3.26. The first kappa shape index (κ1) is 27.8. The molecule has 0 saturated carbocycles. The van der Waals surface area contributed by atoms with Crippen molar-refractivity contribution in [3.63, 3.8) is 0 Å². The molecular formula is C30H30F5NOSi. The van der Waals surface area contributed by atoms with E-state index in [0.717, 1.165) is 59.6 Å². The van der Waals surface area contributed by atoms with Gasteiger partial charge in [-0.3, -0.25) is 4.79 Å². The van der Waals surface area contributed by atoms with Crippen LogP contribution in [0.5, 0.6) is 0 Å². The molecule has 1 aliphatic rings. The summed E-state index contributed by atoms with van der Waals surface area (Å²) in [5.74, 6) is -12.5. The Bertz CT molecular complexity index is 1340. The quantitative estimate of drug-likeness (QED) is 0.120. The van der Waals surface area contributed by atoms with Gasteiger partial charge in [0.1, 0.15) is 5.56 Å². The second-order valence-corrected chi connectivity index (χ2v) is 12.8. The number of amides is 1. The first-order chi connectivity index (χ1) is 18.3. The van der Waals surface area contributed by atoms with Crippen LogP contribution in [0.4, 0.5) is 27.6 Å². The number of rotatable bonds is 10. The first-order valence-corrected chi connectivity index (χ1v) is 15.2. The summed E-state index contributed by atoms with van der Waals surface area (Å²) in [4.78, 5) is 13.1. The van der Waals surface area contributed by atoms with E-state index >= 15 is 0 Å². The zero-order valence-electron chi connectivity index (χ0n) is 21.4. The average Bonchev–Trinajstić information content (AvgIpc) is 3.35. The molecule has 0 radical (unpaired) electrons. The van der Waals surface area contributed by atoms with Crippen molar-refractivity contribution < 1.29 is 26.7 Å². The number of anilines is 1. The molecule has 1 aliphatic carbocycles. The van der Waals surface area contributed by atoms with E-state index in [4.69, 9.17) is 0 Å². The highest BCUT2D eigenvalue weighted by Crippen LogP contribution is 2.38. The second kappa shape index (κ2) is 12.1. The van der Waals surface area contributed by atoms with E-state index in [2.05, 4.69) is 25.2 Å². The number of carbonyl (C=O) groups is 1. The molecule has 1 N–H and O–H groups in total. The molecule has 1 atom stereocenters. The Labute approximate surface area is 221 Å². The Morgan fingerprint density at radius 3 is 2.05 bits per heavy atom. The number of benzene rings is 3. The fourth-order valence-corrected chi connectivity index (χ4v) is 9.11. The van der Waals surface area contributed by atoms with Crippen molar-refractivity contribution >= 4 is 31.7 Å². The van der Waals surface area contributed by atoms with E-state index in [0.29, 0.717) is 5.69 Å². The highest BCUT2D eigenvalue weighted by Gasteiger charge is 2.32. The number of halogens is 5. The van der Waals surface area contributed by atoms with Gasteiger partial charge in [-0.25, -0.2) is 22.0 Å². The monoisotopic (exact) mass is 543 g/mol. The van der Waals surface area contributed by atoms with Gasteiger partial charge in [0.05, 0.1) is 8.80 Å². The van der Waals surface area contributed by atoms with Crippen LogP contribution in [0.2, 0.25) is 12.1 Å². The number of allylic oxidation sites excluding steroid dienone is 1. The molecule has 2 nitrogen and oxygen atoms in total. The minimum absolute atomic E-state index is 0.215. The van der Waals surface area contributed by atoms with Crippen LogP contribution in [0.25, 0.3) is 6.08 Å². The maximum absolute atomic E-state index is 14.5. The lowest BCUT2D eigenvalue weighted by Gasteiger charge is -2.26. The topological polar surface area (TPSA) is 29.1 Å². The molecule has 0 saturated heterocycles. The number of carbonyl (C=O) groups excluding carboxylic acids is 1. The molecule has 3 aromatic rings. The van der Waals surface area contributed by atoms with Crippen LogP contribution in [0.3, 0.4) is 0 Å². The maximum atomic E-state index is 14.5. The summed E-state index contributed by atoms with van der Waals surface area (Å²) in [5, 5.41) is 3.66. The van der Waals surface area contributed by atoms with Crippen molar-refractivity contribution in [1.82, 2.24) is 0 Å². The van der Waals surface area contributed by atoms with Gasteiger partial charge in [0.15, 0.2) is 23.3 Å². The van der Waals surface area contributed by atoms with Gasteiger partial charge < -0.3 is 5.32 Å². The molecule has 3 aromatic carbocycles. The molecule has 0 bridgehead atoms. The van der Waals surface area contributed by atoms with Gasteiger partial charge in [0, 0.05) is 11.6 Å². The molecule has 38 heavy (non-hydrogen) atoms. The van der Waals surface area contributed by atoms with Crippen LogP contribution in [-0.2, 0) is 0 Å². The number of fused-ring (bicyclic) bond motifs is 1. The van der Waals surface area contributed by atoms with Crippen LogP contribution in [-0.4, -0.2) is 14.7 Å². The number of hydrogen-bond acceptors (Lipinski definition) is 1. The SMILES string of the molecule is CCCC[SiH](CCCC)c1cccc(NC(=O)c2c(F)c(F)c(F)c(F)c2F)c1C1C=Cc2ccccc21. The predicted octanol–water partition coefficient (Wildman–Crippen LogP) is 7.83. The molecule has 0 heterocycles. The van der Waals surface area contributed by atoms with E-state index < -0.39 is 49.4 Å². The fraction of sp³-hybridized carbons (Fsp3) is 0.300. The summed E-state index contributed by atoms with van der Waals surface area (Å²) in [7, 11) is -1.53. The van der Waals surface area contributed by atoms with E-state index in [1.54, 1.807) is 12.1 Å². The minimum atomic E-state index is -2.30. The van der Waals surface area contributed by atoms with Crippen molar-refractivity contribution in [3.05, 3.63) is 99.9 Å². The third kappa shape index (κ3) is 5.32. The number of hydrogen-bond donors (Lipinski definition) is 1. The van der Waals surface area contributed by atoms with Crippen molar-refractivity contribution in [1.29, 1.82) is 0 Å². The van der Waals surface area contributed by atoms with Crippen LogP contribution in [0, 0.1) is 29.1 Å². The van der Waals surface area contributed by atoms with Gasteiger partial charge >= 0.3 is 0 Å². The Balaban J connectivity index is 1.84. The molecule has 0 aliphatic heterocycles. The Kier molecular flexibility index (Phi) is 8.82. The smallest absolute Gasteiger partial charge is 0.261 e. The van der Waals surface area contributed by atoms with Crippen molar-refractivity contribution in [2.45, 2.75) is 57.5 Å². The largest absolute Gasteiger partial charge is 0.322 e. The van der Waals surface area contributed by atoms with Crippen molar-refractivity contribution in [2.75, 3.05) is 5.32 Å². The zero-order valence-corrected chi connectivity index (χ0v) is 22.5. The summed E-state index contributed by atoms with van der Waals surface area (Å²) in [6.45, 7) is 4.28. The fourth-order valence-electron chi connectivity index (χ4n) is 5.24. The predicted molar refractivity (Wildman–Crippen MR) is 144 cm³/mol. The lowest BCUT2D eigenvalue weighted by molar-refractivity contribution is 0.101. The summed E-state index contributed by atoms with van der Waals surface area (Å²) < 4.78 is 70.2. The van der Waals surface area contributed by atoms with Gasteiger partial charge in [-0.1, -0.05) is 105 Å². The van der Waals surface area contributed by atoms with Crippen molar-refractivity contribution in [2.24, 2.45) is 0 Å². The van der Waals surface area contributed by atoms with Crippen LogP contribution >= 0.6 is 0 Å². The molecule has 8 heteroatoms. The van der Waals surface area contributed by atoms with Gasteiger partial charge in [0.2, 0.25) is 5.82 Å². The molecule has 200 valence electrons. The molecule has 0 fully saturated rings. The maximum Gasteiger partial charge on any atom is 0.261 e. The van der Waals surface area contributed by atoms with Gasteiger partial charge in [-0.15, -0.1) is 0 Å². The minimum Gasteiger partial charge on any atom is -0.322 e. The highest BCUT2D eigenvalue weighted by atomic mass is 28.3. The second-order valence-electron chi connectivity index (χ2n) is 9.65. The lowest BCUT2D eigenvalue weighted by Crippen LogP contribution is -2.35. The summed E-state index contributed by atoms with van der Waals surface area (Å²) >= 11 is 0. The van der Waals surface area contributed by atoms with E-state index in [1.165, 1.54) is 0 Å². The third-order valence-corrected chi connectivity index (χ3v) is 10.8. The molecule has 1 amide bonds. The molecule has 4 rings (SSSR count). The standard InChI is InChI=1S/C30H30F5NOSi/c1-3-5-16-38(17-6-4-2)22-13-9-12-21(23(22)20-15-14-18-10-7-8-11-19(18)20)36-30(37)24-25(31)27(33)29(35)28(34)26(24)32/h7-15,20,38H,3-6,16-17H2,1-2H3,(H,36,37).